The summed E-state index contributed by atoms with van der Waals surface area (Å²) in [7, 11) is 0. The van der Waals surface area contributed by atoms with Gasteiger partial charge in [0, 0.05) is 136 Å². The van der Waals surface area contributed by atoms with Crippen LogP contribution in [0, 0.1) is 0 Å². The summed E-state index contributed by atoms with van der Waals surface area (Å²) in [5.41, 5.74) is 11.8. The lowest BCUT2D eigenvalue weighted by atomic mass is 10.1. The van der Waals surface area contributed by atoms with Gasteiger partial charge in [-0.25, -0.2) is 4.98 Å². The molecule has 0 aliphatic heterocycles. The molecule has 14 aromatic rings. The third-order valence-electron chi connectivity index (χ3n) is 15.2. The smallest absolute Gasteiger partial charge is 0.139 e. The summed E-state index contributed by atoms with van der Waals surface area (Å²) in [5, 5.41) is 29.8. The number of benzene rings is 7. The number of para-hydroxylation sites is 1. The topological polar surface area (TPSA) is 169 Å². The van der Waals surface area contributed by atoms with Crippen molar-refractivity contribution in [3.63, 3.8) is 0 Å². The van der Waals surface area contributed by atoms with Crippen molar-refractivity contribution < 1.29 is 27.1 Å². The van der Waals surface area contributed by atoms with E-state index in [0.29, 0.717) is 71.6 Å². The molecule has 0 amide bonds. The lowest BCUT2D eigenvalue weighted by Gasteiger charge is -1.99. The first-order valence-electron chi connectivity index (χ1n) is 33.6. The normalized spacial score (nSPS) is 11.0. The first kappa shape index (κ1) is 80.4. The molecule has 0 bridgehead atoms. The Balaban J connectivity index is 0.000000152. The van der Waals surface area contributed by atoms with Crippen LogP contribution in [-0.2, 0) is 0 Å². The van der Waals surface area contributed by atoms with Gasteiger partial charge in [-0.3, -0.25) is 0 Å². The molecule has 0 spiro atoms. The van der Waals surface area contributed by atoms with Gasteiger partial charge in [0.25, 0.3) is 0 Å². The molecule has 14 rings (SSSR count). The van der Waals surface area contributed by atoms with Gasteiger partial charge in [0.1, 0.15) is 68.7 Å². The largest absolute Gasteiger partial charge is 0.361 e. The van der Waals surface area contributed by atoms with E-state index >= 15 is 0 Å². The minimum Gasteiger partial charge on any atom is -0.361 e. The zero-order valence-corrected chi connectivity index (χ0v) is 65.8. The van der Waals surface area contributed by atoms with E-state index in [1.807, 2.05) is 178 Å². The molecule has 103 heavy (non-hydrogen) atoms. The molecular formula is C82H82Cl7N7O6S. The minimum absolute atomic E-state index is 0.312. The summed E-state index contributed by atoms with van der Waals surface area (Å²) in [6, 6.07) is 63.4. The van der Waals surface area contributed by atoms with Crippen LogP contribution in [0.25, 0.3) is 77.8 Å². The van der Waals surface area contributed by atoms with E-state index in [4.69, 9.17) is 108 Å². The quantitative estimate of drug-likeness (QED) is 0.107. The summed E-state index contributed by atoms with van der Waals surface area (Å²) in [6.45, 7) is 29.2. The Morgan fingerprint density at radius 3 is 1.05 bits per heavy atom. The maximum absolute atomic E-state index is 6.09. The molecule has 7 aromatic carbocycles. The molecule has 13 nitrogen and oxygen atoms in total. The maximum Gasteiger partial charge on any atom is 0.139 e. The van der Waals surface area contributed by atoms with Crippen LogP contribution >= 0.6 is 92.5 Å². The molecule has 0 aliphatic rings. The number of hydrogen-bond acceptors (Lipinski definition) is 14. The van der Waals surface area contributed by atoms with E-state index in [9.17, 15) is 0 Å². The lowest BCUT2D eigenvalue weighted by molar-refractivity contribution is 0.373. The fourth-order valence-electron chi connectivity index (χ4n) is 9.25. The van der Waals surface area contributed by atoms with Crippen molar-refractivity contribution in [3.05, 3.63) is 275 Å². The fourth-order valence-corrected chi connectivity index (χ4v) is 11.8. The van der Waals surface area contributed by atoms with Crippen molar-refractivity contribution >= 4 is 103 Å². The molecule has 0 atom stereocenters. The van der Waals surface area contributed by atoms with Gasteiger partial charge in [-0.15, -0.1) is 11.3 Å². The van der Waals surface area contributed by atoms with Crippen LogP contribution in [-0.4, -0.2) is 35.9 Å². The SMILES string of the molecule is CC(C)c1cc(-c2cc(Cl)cc(Cl)c2)no1.CC(C)c1cc(-c2ccc(Cl)cc2)no1.CC(C)c1cc(-c2ccc(Cl)cc2Cl)no1.CC(C)c1cc(-c2cccc(Cl)c2)no1.CC(C)c1cc(-c2ccccc2)no1.CC(C)c1cc(-c2ccccc2Cl)no1.CC(C)c1nc2ccccc2s1. The Bertz CT molecular complexity index is 4840. The van der Waals surface area contributed by atoms with Gasteiger partial charge in [-0.1, -0.05) is 294 Å². The Morgan fingerprint density at radius 1 is 0.262 bits per heavy atom. The van der Waals surface area contributed by atoms with Crippen molar-refractivity contribution in [1.82, 2.24) is 35.9 Å². The van der Waals surface area contributed by atoms with E-state index in [2.05, 4.69) is 137 Å². The lowest BCUT2D eigenvalue weighted by Crippen LogP contribution is -1.82. The summed E-state index contributed by atoms with van der Waals surface area (Å²) >= 11 is 43.3. The average molecular weight is 1540 g/mol. The molecule has 0 saturated heterocycles. The van der Waals surface area contributed by atoms with E-state index in [-0.39, 0.29) is 0 Å². The summed E-state index contributed by atoms with van der Waals surface area (Å²) in [6.07, 6.45) is 0. The van der Waals surface area contributed by atoms with Gasteiger partial charge in [-0.05, 0) is 78.9 Å². The zero-order chi connectivity index (χ0) is 74.4. The number of rotatable bonds is 13. The Hall–Kier alpha value is -8.28. The molecule has 536 valence electrons. The van der Waals surface area contributed by atoms with E-state index in [0.717, 1.165) is 113 Å². The summed E-state index contributed by atoms with van der Waals surface area (Å²) < 4.78 is 32.7. The molecule has 0 unspecified atom stereocenters. The highest BCUT2D eigenvalue weighted by atomic mass is 35.5. The Kier molecular flexibility index (Phi) is 30.5. The fraction of sp³-hybridized carbons (Fsp3) is 0.256. The maximum atomic E-state index is 6.09. The molecule has 0 aliphatic carbocycles. The van der Waals surface area contributed by atoms with Gasteiger partial charge >= 0.3 is 0 Å². The van der Waals surface area contributed by atoms with Crippen LogP contribution in [0.4, 0.5) is 0 Å². The molecule has 7 aromatic heterocycles. The highest BCUT2D eigenvalue weighted by Gasteiger charge is 2.17. The van der Waals surface area contributed by atoms with Crippen molar-refractivity contribution in [3.8, 4) is 67.5 Å². The first-order valence-corrected chi connectivity index (χ1v) is 37.0. The van der Waals surface area contributed by atoms with Crippen LogP contribution in [0.1, 0.15) is 178 Å². The van der Waals surface area contributed by atoms with Crippen molar-refractivity contribution in [2.75, 3.05) is 0 Å². The molecule has 0 N–H and O–H groups in total. The summed E-state index contributed by atoms with van der Waals surface area (Å²) in [4.78, 5) is 4.53. The van der Waals surface area contributed by atoms with Crippen LogP contribution in [0.2, 0.25) is 35.2 Å². The highest BCUT2D eigenvalue weighted by molar-refractivity contribution is 7.18. The van der Waals surface area contributed by atoms with Crippen LogP contribution < -0.4 is 0 Å². The van der Waals surface area contributed by atoms with Gasteiger partial charge in [0.05, 0.1) is 25.3 Å². The highest BCUT2D eigenvalue weighted by Crippen LogP contribution is 2.35. The van der Waals surface area contributed by atoms with Crippen molar-refractivity contribution in [2.45, 2.75) is 138 Å². The zero-order valence-electron chi connectivity index (χ0n) is 59.7. The predicted octanol–water partition coefficient (Wildman–Crippen LogP) is 28.8. The molecular weight excluding hydrogens is 1460 g/mol. The number of nitrogens with zero attached hydrogens (tertiary/aromatic N) is 7. The minimum atomic E-state index is 0.312. The van der Waals surface area contributed by atoms with Gasteiger partial charge in [0.15, 0.2) is 0 Å². The Morgan fingerprint density at radius 2 is 0.621 bits per heavy atom. The third kappa shape index (κ3) is 24.1. The van der Waals surface area contributed by atoms with E-state index in [1.165, 1.54) is 9.71 Å². The van der Waals surface area contributed by atoms with Crippen LogP contribution in [0.3, 0.4) is 0 Å². The second-order valence-electron chi connectivity index (χ2n) is 25.9. The second kappa shape index (κ2) is 39.0. The van der Waals surface area contributed by atoms with E-state index in [1.54, 1.807) is 29.5 Å². The Labute approximate surface area is 641 Å². The van der Waals surface area contributed by atoms with Crippen molar-refractivity contribution in [1.29, 1.82) is 0 Å². The molecule has 21 heteroatoms. The molecule has 0 fully saturated rings. The van der Waals surface area contributed by atoms with Crippen molar-refractivity contribution in [2.24, 2.45) is 0 Å². The molecule has 7 heterocycles. The van der Waals surface area contributed by atoms with E-state index < -0.39 is 0 Å². The second-order valence-corrected chi connectivity index (χ2v) is 30.0. The predicted molar refractivity (Wildman–Crippen MR) is 425 cm³/mol. The summed E-state index contributed by atoms with van der Waals surface area (Å²) in [5.74, 6) is 7.93. The van der Waals surface area contributed by atoms with Crippen LogP contribution in [0.5, 0.6) is 0 Å². The molecule has 0 radical (unpaired) electrons. The first-order chi connectivity index (χ1) is 49.2. The standard InChI is InChI=1S/2C12H11Cl2NO.3C12H12ClNO.C12H13NO.C10H11NS/c1-7(2)12-6-11(15-16-12)8-3-9(13)5-10(14)4-8;1-7(2)12-6-11(15-16-12)9-4-3-8(13)5-10(9)14;1-8(2)12-7-11(14-15-12)9-3-5-10(13)6-4-9;1-8(2)12-7-11(14-15-12)9-4-3-5-10(13)6-9;1-8(2)12-7-11(14-15-12)9-5-3-4-6-10(9)13;1-9(2)12-8-11(13-14-12)10-6-4-3-5-7-10;1-7(2)10-11-8-5-3-4-6-9(8)12-10/h2*3-7H,1-2H3;3*3-8H,1-2H3;3-9H,1-2H3;3-7H,1-2H3. The monoisotopic (exact) mass is 1540 g/mol. The average Bonchev–Trinajstić information content (AvgIpc) is 1.79. The van der Waals surface area contributed by atoms with Gasteiger partial charge in [0.2, 0.25) is 0 Å². The molecule has 0 saturated carbocycles. The third-order valence-corrected chi connectivity index (χ3v) is 18.4. The van der Waals surface area contributed by atoms with Gasteiger partial charge in [-0.2, -0.15) is 0 Å². The number of halogens is 7. The van der Waals surface area contributed by atoms with Crippen LogP contribution in [0.15, 0.2) is 227 Å². The number of thiazole rings is 1. The number of fused-ring (bicyclic) bond motifs is 1. The van der Waals surface area contributed by atoms with Gasteiger partial charge < -0.3 is 27.1 Å². The number of hydrogen-bond donors (Lipinski definition) is 0. The number of aromatic nitrogens is 7.